The SMILES string of the molecule is Cc1cccc(C(CN)CCOC(C)(C)C)c1. The summed E-state index contributed by atoms with van der Waals surface area (Å²) in [7, 11) is 0. The molecule has 1 unspecified atom stereocenters. The van der Waals surface area contributed by atoms with Crippen LogP contribution in [0.4, 0.5) is 0 Å². The molecule has 1 aromatic carbocycles. The summed E-state index contributed by atoms with van der Waals surface area (Å²) in [5.41, 5.74) is 8.40. The van der Waals surface area contributed by atoms with Crippen molar-refractivity contribution in [2.75, 3.05) is 13.2 Å². The van der Waals surface area contributed by atoms with E-state index in [4.69, 9.17) is 10.5 Å². The minimum Gasteiger partial charge on any atom is -0.376 e. The zero-order chi connectivity index (χ0) is 12.9. The van der Waals surface area contributed by atoms with Crippen LogP contribution in [0, 0.1) is 6.92 Å². The molecule has 17 heavy (non-hydrogen) atoms. The third-order valence-corrected chi connectivity index (χ3v) is 2.80. The van der Waals surface area contributed by atoms with E-state index in [0.717, 1.165) is 13.0 Å². The lowest BCUT2D eigenvalue weighted by molar-refractivity contribution is -0.00601. The van der Waals surface area contributed by atoms with Gasteiger partial charge in [-0.05, 0) is 52.1 Å². The Balaban J connectivity index is 2.54. The minimum absolute atomic E-state index is 0.0637. The summed E-state index contributed by atoms with van der Waals surface area (Å²) in [5.74, 6) is 0.400. The van der Waals surface area contributed by atoms with Crippen LogP contribution in [0.1, 0.15) is 44.2 Å². The minimum atomic E-state index is -0.0637. The molecule has 0 amide bonds. The molecule has 0 aliphatic heterocycles. The first-order chi connectivity index (χ1) is 7.92. The molecule has 1 aromatic rings. The lowest BCUT2D eigenvalue weighted by atomic mass is 9.95. The van der Waals surface area contributed by atoms with E-state index in [1.165, 1.54) is 11.1 Å². The van der Waals surface area contributed by atoms with Gasteiger partial charge in [-0.3, -0.25) is 0 Å². The summed E-state index contributed by atoms with van der Waals surface area (Å²) < 4.78 is 5.76. The second-order valence-electron chi connectivity index (χ2n) is 5.60. The number of benzene rings is 1. The average Bonchev–Trinajstić information content (AvgIpc) is 2.23. The van der Waals surface area contributed by atoms with E-state index < -0.39 is 0 Å². The predicted octanol–water partition coefficient (Wildman–Crippen LogP) is 3.24. The molecule has 0 aromatic heterocycles. The topological polar surface area (TPSA) is 35.2 Å². The quantitative estimate of drug-likeness (QED) is 0.850. The number of aryl methyl sites for hydroxylation is 1. The lowest BCUT2D eigenvalue weighted by Crippen LogP contribution is -2.22. The number of rotatable bonds is 5. The van der Waals surface area contributed by atoms with Crippen LogP contribution in [0.25, 0.3) is 0 Å². The molecule has 0 saturated heterocycles. The normalized spacial score (nSPS) is 13.7. The molecule has 96 valence electrons. The highest BCUT2D eigenvalue weighted by molar-refractivity contribution is 5.25. The fraction of sp³-hybridized carbons (Fsp3) is 0.600. The maximum absolute atomic E-state index is 5.85. The zero-order valence-corrected chi connectivity index (χ0v) is 11.5. The summed E-state index contributed by atoms with van der Waals surface area (Å²) in [6, 6.07) is 8.58. The first-order valence-corrected chi connectivity index (χ1v) is 6.33. The maximum atomic E-state index is 5.85. The van der Waals surface area contributed by atoms with Gasteiger partial charge < -0.3 is 10.5 Å². The van der Waals surface area contributed by atoms with E-state index in [9.17, 15) is 0 Å². The molecule has 0 spiro atoms. The fourth-order valence-corrected chi connectivity index (χ4v) is 1.85. The van der Waals surface area contributed by atoms with Crippen LogP contribution >= 0.6 is 0 Å². The zero-order valence-electron chi connectivity index (χ0n) is 11.5. The molecule has 2 nitrogen and oxygen atoms in total. The molecule has 2 heteroatoms. The van der Waals surface area contributed by atoms with Crippen molar-refractivity contribution in [2.24, 2.45) is 5.73 Å². The Labute approximate surface area is 105 Å². The number of ether oxygens (including phenoxy) is 1. The summed E-state index contributed by atoms with van der Waals surface area (Å²) in [4.78, 5) is 0. The van der Waals surface area contributed by atoms with E-state index in [1.807, 2.05) is 0 Å². The van der Waals surface area contributed by atoms with E-state index in [0.29, 0.717) is 12.5 Å². The standard InChI is InChI=1S/C15H25NO/c1-12-6-5-7-13(10-12)14(11-16)8-9-17-15(2,3)4/h5-7,10,14H,8-9,11,16H2,1-4H3. The highest BCUT2D eigenvalue weighted by Gasteiger charge is 2.13. The first-order valence-electron chi connectivity index (χ1n) is 6.33. The molecule has 0 fully saturated rings. The van der Waals surface area contributed by atoms with Gasteiger partial charge in [-0.2, -0.15) is 0 Å². The van der Waals surface area contributed by atoms with Crippen molar-refractivity contribution in [3.8, 4) is 0 Å². The largest absolute Gasteiger partial charge is 0.376 e. The molecule has 0 aliphatic carbocycles. The van der Waals surface area contributed by atoms with Crippen molar-refractivity contribution in [1.29, 1.82) is 0 Å². The molecular weight excluding hydrogens is 210 g/mol. The van der Waals surface area contributed by atoms with Gasteiger partial charge in [-0.1, -0.05) is 29.8 Å². The molecule has 0 saturated carbocycles. The van der Waals surface area contributed by atoms with Gasteiger partial charge in [0, 0.05) is 6.61 Å². The van der Waals surface area contributed by atoms with Gasteiger partial charge >= 0.3 is 0 Å². The second-order valence-corrected chi connectivity index (χ2v) is 5.60. The third-order valence-electron chi connectivity index (χ3n) is 2.80. The van der Waals surface area contributed by atoms with Crippen LogP contribution in [0.2, 0.25) is 0 Å². The molecule has 1 atom stereocenters. The Bertz CT molecular complexity index is 341. The molecule has 0 aliphatic rings. The fourth-order valence-electron chi connectivity index (χ4n) is 1.85. The van der Waals surface area contributed by atoms with Gasteiger partial charge in [0.15, 0.2) is 0 Å². The first kappa shape index (κ1) is 14.2. The number of hydrogen-bond acceptors (Lipinski definition) is 2. The monoisotopic (exact) mass is 235 g/mol. The van der Waals surface area contributed by atoms with Gasteiger partial charge in [0.25, 0.3) is 0 Å². The Hall–Kier alpha value is -0.860. The van der Waals surface area contributed by atoms with Crippen molar-refractivity contribution in [3.63, 3.8) is 0 Å². The van der Waals surface area contributed by atoms with Crippen LogP contribution in [0.3, 0.4) is 0 Å². The van der Waals surface area contributed by atoms with Gasteiger partial charge in [0.1, 0.15) is 0 Å². The Morgan fingerprint density at radius 3 is 2.53 bits per heavy atom. The highest BCUT2D eigenvalue weighted by Crippen LogP contribution is 2.20. The van der Waals surface area contributed by atoms with Crippen molar-refractivity contribution in [3.05, 3.63) is 35.4 Å². The van der Waals surface area contributed by atoms with Crippen LogP contribution in [0.15, 0.2) is 24.3 Å². The van der Waals surface area contributed by atoms with Crippen molar-refractivity contribution < 1.29 is 4.74 Å². The Morgan fingerprint density at radius 2 is 2.00 bits per heavy atom. The average molecular weight is 235 g/mol. The van der Waals surface area contributed by atoms with E-state index >= 15 is 0 Å². The molecule has 0 bridgehead atoms. The summed E-state index contributed by atoms with van der Waals surface area (Å²) in [6.45, 7) is 9.80. The van der Waals surface area contributed by atoms with Crippen LogP contribution in [-0.4, -0.2) is 18.8 Å². The van der Waals surface area contributed by atoms with E-state index in [2.05, 4.69) is 52.0 Å². The van der Waals surface area contributed by atoms with Gasteiger partial charge in [0.2, 0.25) is 0 Å². The lowest BCUT2D eigenvalue weighted by Gasteiger charge is -2.22. The van der Waals surface area contributed by atoms with Crippen molar-refractivity contribution in [2.45, 2.75) is 45.6 Å². The molecule has 0 heterocycles. The maximum Gasteiger partial charge on any atom is 0.0598 e. The molecule has 1 rings (SSSR count). The Morgan fingerprint density at radius 1 is 1.29 bits per heavy atom. The summed E-state index contributed by atoms with van der Waals surface area (Å²) in [6.07, 6.45) is 0.983. The highest BCUT2D eigenvalue weighted by atomic mass is 16.5. The van der Waals surface area contributed by atoms with Crippen LogP contribution < -0.4 is 5.73 Å². The van der Waals surface area contributed by atoms with Crippen molar-refractivity contribution in [1.82, 2.24) is 0 Å². The van der Waals surface area contributed by atoms with Crippen LogP contribution in [0.5, 0.6) is 0 Å². The third kappa shape index (κ3) is 5.33. The van der Waals surface area contributed by atoms with Gasteiger partial charge in [0.05, 0.1) is 5.60 Å². The van der Waals surface area contributed by atoms with Gasteiger partial charge in [-0.25, -0.2) is 0 Å². The van der Waals surface area contributed by atoms with Crippen LogP contribution in [-0.2, 0) is 4.74 Å². The Kier molecular flexibility index (Phi) is 5.16. The predicted molar refractivity (Wildman–Crippen MR) is 73.3 cm³/mol. The smallest absolute Gasteiger partial charge is 0.0598 e. The van der Waals surface area contributed by atoms with E-state index in [-0.39, 0.29) is 5.60 Å². The molecular formula is C15H25NO. The molecule has 2 N–H and O–H groups in total. The summed E-state index contributed by atoms with van der Waals surface area (Å²) >= 11 is 0. The van der Waals surface area contributed by atoms with Gasteiger partial charge in [-0.15, -0.1) is 0 Å². The number of nitrogens with two attached hydrogens (primary N) is 1. The van der Waals surface area contributed by atoms with Crippen molar-refractivity contribution >= 4 is 0 Å². The molecule has 0 radical (unpaired) electrons. The summed E-state index contributed by atoms with van der Waals surface area (Å²) in [5, 5.41) is 0. The van der Waals surface area contributed by atoms with E-state index in [1.54, 1.807) is 0 Å². The second kappa shape index (κ2) is 6.18. The number of hydrogen-bond donors (Lipinski definition) is 1.